The van der Waals surface area contributed by atoms with E-state index in [9.17, 15) is 4.79 Å². The lowest BCUT2D eigenvalue weighted by atomic mass is 9.69. The minimum absolute atomic E-state index is 0.420. The first kappa shape index (κ1) is 11.4. The van der Waals surface area contributed by atoms with Crippen LogP contribution in [0.3, 0.4) is 0 Å². The van der Waals surface area contributed by atoms with Gasteiger partial charge in [-0.3, -0.25) is 4.79 Å². The molecule has 1 fully saturated rings. The maximum Gasteiger partial charge on any atom is 0.307 e. The second-order valence-electron chi connectivity index (χ2n) is 4.22. The highest BCUT2D eigenvalue weighted by Gasteiger charge is 2.48. The molecule has 0 aliphatic carbocycles. The lowest BCUT2D eigenvalue weighted by molar-refractivity contribution is -0.155. The van der Waals surface area contributed by atoms with Crippen molar-refractivity contribution in [2.75, 3.05) is 13.2 Å². The van der Waals surface area contributed by atoms with Crippen LogP contribution in [0.2, 0.25) is 5.02 Å². The molecule has 1 N–H and O–H groups in total. The third kappa shape index (κ3) is 1.70. The Labute approximate surface area is 99.0 Å². The van der Waals surface area contributed by atoms with Crippen molar-refractivity contribution in [3.63, 3.8) is 0 Å². The molecule has 16 heavy (non-hydrogen) atoms. The van der Waals surface area contributed by atoms with Crippen LogP contribution in [0, 0.1) is 5.92 Å². The van der Waals surface area contributed by atoms with Crippen LogP contribution < -0.4 is 0 Å². The van der Waals surface area contributed by atoms with Crippen LogP contribution in [0.25, 0.3) is 0 Å². The van der Waals surface area contributed by atoms with Crippen molar-refractivity contribution in [2.45, 2.75) is 12.3 Å². The van der Waals surface area contributed by atoms with Gasteiger partial charge in [-0.25, -0.2) is 0 Å². The summed E-state index contributed by atoms with van der Waals surface area (Å²) in [6.45, 7) is 2.60. The molecular formula is C12H13ClO3. The lowest BCUT2D eigenvalue weighted by Crippen LogP contribution is -2.53. The summed E-state index contributed by atoms with van der Waals surface area (Å²) in [6, 6.07) is 7.35. The number of benzene rings is 1. The average Bonchev–Trinajstić information content (AvgIpc) is 2.15. The van der Waals surface area contributed by atoms with Gasteiger partial charge in [-0.05, 0) is 17.7 Å². The van der Waals surface area contributed by atoms with Gasteiger partial charge in [0.2, 0.25) is 0 Å². The molecule has 1 atom stereocenters. The Bertz CT molecular complexity index is 412. The molecule has 0 radical (unpaired) electrons. The van der Waals surface area contributed by atoms with Crippen molar-refractivity contribution in [3.8, 4) is 0 Å². The number of carboxylic acid groups (broad SMARTS) is 1. The molecule has 1 aliphatic rings. The molecule has 1 aromatic carbocycles. The fourth-order valence-electron chi connectivity index (χ4n) is 2.02. The van der Waals surface area contributed by atoms with Crippen LogP contribution >= 0.6 is 11.6 Å². The Balaban J connectivity index is 2.38. The van der Waals surface area contributed by atoms with E-state index in [1.165, 1.54) is 0 Å². The molecule has 1 aliphatic heterocycles. The molecule has 4 heteroatoms. The molecule has 0 aromatic heterocycles. The molecule has 3 nitrogen and oxygen atoms in total. The van der Waals surface area contributed by atoms with Crippen molar-refractivity contribution in [3.05, 3.63) is 34.9 Å². The zero-order chi connectivity index (χ0) is 11.8. The van der Waals surface area contributed by atoms with Crippen molar-refractivity contribution in [2.24, 2.45) is 5.92 Å². The largest absolute Gasteiger partial charge is 0.481 e. The highest BCUT2D eigenvalue weighted by molar-refractivity contribution is 6.30. The van der Waals surface area contributed by atoms with Crippen LogP contribution in [0.4, 0.5) is 0 Å². The first-order valence-electron chi connectivity index (χ1n) is 5.13. The Hall–Kier alpha value is -1.06. The summed E-state index contributed by atoms with van der Waals surface area (Å²) >= 11 is 5.93. The normalized spacial score (nSPS) is 19.9. The van der Waals surface area contributed by atoms with E-state index in [1.54, 1.807) is 13.0 Å². The SMILES string of the molecule is CC(C(=O)O)C1(c2cccc(Cl)c2)COC1. The molecule has 0 bridgehead atoms. The third-order valence-corrected chi connectivity index (χ3v) is 3.55. The summed E-state index contributed by atoms with van der Waals surface area (Å²) < 4.78 is 5.20. The van der Waals surface area contributed by atoms with E-state index < -0.39 is 17.3 Å². The molecule has 0 spiro atoms. The van der Waals surface area contributed by atoms with E-state index in [-0.39, 0.29) is 0 Å². The van der Waals surface area contributed by atoms with Crippen LogP contribution in [-0.2, 0) is 14.9 Å². The van der Waals surface area contributed by atoms with Crippen LogP contribution in [0.1, 0.15) is 12.5 Å². The van der Waals surface area contributed by atoms with Gasteiger partial charge in [0.05, 0.1) is 24.5 Å². The maximum atomic E-state index is 11.1. The van der Waals surface area contributed by atoms with Crippen LogP contribution in [0.15, 0.2) is 24.3 Å². The van der Waals surface area contributed by atoms with E-state index in [1.807, 2.05) is 18.2 Å². The van der Waals surface area contributed by atoms with Crippen LogP contribution in [-0.4, -0.2) is 24.3 Å². The van der Waals surface area contributed by atoms with Gasteiger partial charge < -0.3 is 9.84 Å². The Morgan fingerprint density at radius 3 is 2.69 bits per heavy atom. The Morgan fingerprint density at radius 2 is 2.25 bits per heavy atom. The molecule has 1 saturated heterocycles. The predicted octanol–water partition coefficient (Wildman–Crippen LogP) is 2.33. The molecule has 2 rings (SSSR count). The summed E-state index contributed by atoms with van der Waals surface area (Å²) in [5.41, 5.74) is 0.526. The Morgan fingerprint density at radius 1 is 1.56 bits per heavy atom. The fraction of sp³-hybridized carbons (Fsp3) is 0.417. The van der Waals surface area contributed by atoms with Gasteiger partial charge >= 0.3 is 5.97 Å². The van der Waals surface area contributed by atoms with Gasteiger partial charge in [-0.15, -0.1) is 0 Å². The minimum Gasteiger partial charge on any atom is -0.481 e. The van der Waals surface area contributed by atoms with Gasteiger partial charge in [0, 0.05) is 5.02 Å². The summed E-state index contributed by atoms with van der Waals surface area (Å²) in [6.07, 6.45) is 0. The highest BCUT2D eigenvalue weighted by Crippen LogP contribution is 2.40. The number of carboxylic acids is 1. The predicted molar refractivity (Wildman–Crippen MR) is 60.7 cm³/mol. The quantitative estimate of drug-likeness (QED) is 0.882. The molecule has 1 aromatic rings. The minimum atomic E-state index is -0.803. The van der Waals surface area contributed by atoms with Crippen molar-refractivity contribution < 1.29 is 14.6 Å². The van der Waals surface area contributed by atoms with Crippen molar-refractivity contribution in [1.82, 2.24) is 0 Å². The van der Waals surface area contributed by atoms with Crippen molar-refractivity contribution in [1.29, 1.82) is 0 Å². The standard InChI is InChI=1S/C12H13ClO3/c1-8(11(14)15)12(6-16-7-12)9-3-2-4-10(13)5-9/h2-5,8H,6-7H2,1H3,(H,14,15). The number of ether oxygens (including phenoxy) is 1. The van der Waals surface area contributed by atoms with Gasteiger partial charge in [0.25, 0.3) is 0 Å². The number of hydrogen-bond acceptors (Lipinski definition) is 2. The number of hydrogen-bond donors (Lipinski definition) is 1. The molecule has 0 saturated carbocycles. The second-order valence-corrected chi connectivity index (χ2v) is 4.66. The molecule has 86 valence electrons. The smallest absolute Gasteiger partial charge is 0.307 e. The first-order chi connectivity index (χ1) is 7.56. The average molecular weight is 241 g/mol. The van der Waals surface area contributed by atoms with E-state index in [0.717, 1.165) is 5.56 Å². The summed E-state index contributed by atoms with van der Waals surface area (Å²) in [7, 11) is 0. The third-order valence-electron chi connectivity index (χ3n) is 3.32. The summed E-state index contributed by atoms with van der Waals surface area (Å²) in [5, 5.41) is 9.75. The van der Waals surface area contributed by atoms with E-state index in [0.29, 0.717) is 18.2 Å². The van der Waals surface area contributed by atoms with Crippen molar-refractivity contribution >= 4 is 17.6 Å². The summed E-state index contributed by atoms with van der Waals surface area (Å²) in [4.78, 5) is 11.1. The molecular weight excluding hydrogens is 228 g/mol. The molecule has 1 heterocycles. The molecule has 0 amide bonds. The monoisotopic (exact) mass is 240 g/mol. The number of halogens is 1. The topological polar surface area (TPSA) is 46.5 Å². The number of aliphatic carboxylic acids is 1. The molecule has 1 unspecified atom stereocenters. The number of carbonyl (C=O) groups is 1. The van der Waals surface area contributed by atoms with Gasteiger partial charge in [-0.2, -0.15) is 0 Å². The van der Waals surface area contributed by atoms with Crippen LogP contribution in [0.5, 0.6) is 0 Å². The van der Waals surface area contributed by atoms with E-state index in [4.69, 9.17) is 21.4 Å². The Kier molecular flexibility index (Phi) is 2.91. The second kappa shape index (κ2) is 4.07. The fourth-order valence-corrected chi connectivity index (χ4v) is 2.21. The number of rotatable bonds is 3. The van der Waals surface area contributed by atoms with Gasteiger partial charge in [-0.1, -0.05) is 30.7 Å². The first-order valence-corrected chi connectivity index (χ1v) is 5.51. The van der Waals surface area contributed by atoms with Gasteiger partial charge in [0.15, 0.2) is 0 Å². The van der Waals surface area contributed by atoms with E-state index in [2.05, 4.69) is 0 Å². The maximum absolute atomic E-state index is 11.1. The summed E-state index contributed by atoms with van der Waals surface area (Å²) in [5.74, 6) is -1.28. The van der Waals surface area contributed by atoms with Gasteiger partial charge in [0.1, 0.15) is 0 Å². The highest BCUT2D eigenvalue weighted by atomic mass is 35.5. The van der Waals surface area contributed by atoms with E-state index >= 15 is 0 Å². The zero-order valence-corrected chi connectivity index (χ0v) is 9.70. The zero-order valence-electron chi connectivity index (χ0n) is 8.94. The lowest BCUT2D eigenvalue weighted by Gasteiger charge is -2.44.